The molecule has 84 valence electrons. The highest BCUT2D eigenvalue weighted by Crippen LogP contribution is 2.31. The summed E-state index contributed by atoms with van der Waals surface area (Å²) in [4.78, 5) is 0. The predicted molar refractivity (Wildman–Crippen MR) is 61.6 cm³/mol. The Labute approximate surface area is 89.2 Å². The Balaban J connectivity index is 1.82. The number of epoxide rings is 1. The second kappa shape index (κ2) is 7.28. The number of ether oxygens (including phenoxy) is 1. The maximum Gasteiger partial charge on any atom is 0.0841 e. The van der Waals surface area contributed by atoms with Crippen molar-refractivity contribution < 1.29 is 4.74 Å². The van der Waals surface area contributed by atoms with Crippen LogP contribution in [-0.2, 0) is 4.74 Å². The van der Waals surface area contributed by atoms with Crippen molar-refractivity contribution in [1.82, 2.24) is 0 Å². The lowest BCUT2D eigenvalue weighted by molar-refractivity contribution is 0.348. The van der Waals surface area contributed by atoms with Gasteiger partial charge >= 0.3 is 0 Å². The summed E-state index contributed by atoms with van der Waals surface area (Å²) in [5, 5.41) is 0. The number of unbranched alkanes of at least 4 members (excludes halogenated alkanes) is 5. The normalized spacial score (nSPS) is 25.3. The van der Waals surface area contributed by atoms with E-state index in [1.165, 1.54) is 57.8 Å². The molecule has 0 aliphatic carbocycles. The van der Waals surface area contributed by atoms with Crippen molar-refractivity contribution in [2.24, 2.45) is 0 Å². The summed E-state index contributed by atoms with van der Waals surface area (Å²) in [5.41, 5.74) is 0. The van der Waals surface area contributed by atoms with Gasteiger partial charge in [-0.1, -0.05) is 58.8 Å². The molecule has 0 bridgehead atoms. The first-order valence-electron chi connectivity index (χ1n) is 6.54. The lowest BCUT2D eigenvalue weighted by atomic mass is 10.1. The minimum Gasteiger partial charge on any atom is -0.370 e. The Morgan fingerprint density at radius 3 is 1.79 bits per heavy atom. The standard InChI is InChI=1S/C13H26O/c1-3-5-7-9-11-13-12(14-13)10-8-6-4-2/h12-13H,3-11H2,1-2H3. The van der Waals surface area contributed by atoms with Crippen LogP contribution < -0.4 is 0 Å². The van der Waals surface area contributed by atoms with Crippen molar-refractivity contribution in [3.8, 4) is 0 Å². The summed E-state index contributed by atoms with van der Waals surface area (Å²) in [5.74, 6) is 0. The van der Waals surface area contributed by atoms with E-state index in [-0.39, 0.29) is 0 Å². The van der Waals surface area contributed by atoms with E-state index in [4.69, 9.17) is 4.74 Å². The van der Waals surface area contributed by atoms with E-state index in [1.54, 1.807) is 0 Å². The molecule has 0 aromatic carbocycles. The lowest BCUT2D eigenvalue weighted by Gasteiger charge is -1.96. The molecule has 2 unspecified atom stereocenters. The van der Waals surface area contributed by atoms with Gasteiger partial charge in [-0.3, -0.25) is 0 Å². The molecule has 14 heavy (non-hydrogen) atoms. The SMILES string of the molecule is CCCCCCC1OC1CCCCC. The molecule has 0 amide bonds. The van der Waals surface area contributed by atoms with Gasteiger partial charge < -0.3 is 4.74 Å². The van der Waals surface area contributed by atoms with Gasteiger partial charge in [0.25, 0.3) is 0 Å². The molecule has 1 nitrogen and oxygen atoms in total. The van der Waals surface area contributed by atoms with E-state index in [0.29, 0.717) is 12.2 Å². The molecule has 0 N–H and O–H groups in total. The number of hydrogen-bond donors (Lipinski definition) is 0. The van der Waals surface area contributed by atoms with Crippen molar-refractivity contribution in [3.63, 3.8) is 0 Å². The second-order valence-electron chi connectivity index (χ2n) is 4.56. The molecule has 0 spiro atoms. The highest BCUT2D eigenvalue weighted by atomic mass is 16.6. The minimum absolute atomic E-state index is 0.642. The molecule has 0 saturated carbocycles. The molecular weight excluding hydrogens is 172 g/mol. The Morgan fingerprint density at radius 1 is 0.714 bits per heavy atom. The van der Waals surface area contributed by atoms with Crippen LogP contribution >= 0.6 is 0 Å². The van der Waals surface area contributed by atoms with Crippen LogP contribution in [0.25, 0.3) is 0 Å². The molecule has 1 aliphatic heterocycles. The average Bonchev–Trinajstić information content (AvgIpc) is 2.92. The first-order valence-corrected chi connectivity index (χ1v) is 6.54. The maximum atomic E-state index is 5.64. The Bertz CT molecular complexity index is 133. The third kappa shape index (κ3) is 4.99. The van der Waals surface area contributed by atoms with E-state index in [2.05, 4.69) is 13.8 Å². The summed E-state index contributed by atoms with van der Waals surface area (Å²) < 4.78 is 5.64. The quantitative estimate of drug-likeness (QED) is 0.397. The molecule has 2 atom stereocenters. The third-order valence-corrected chi connectivity index (χ3v) is 3.12. The van der Waals surface area contributed by atoms with E-state index < -0.39 is 0 Å². The molecule has 1 heterocycles. The van der Waals surface area contributed by atoms with Crippen LogP contribution in [0.1, 0.15) is 71.6 Å². The summed E-state index contributed by atoms with van der Waals surface area (Å²) in [7, 11) is 0. The molecule has 1 heteroatoms. The van der Waals surface area contributed by atoms with Gasteiger partial charge in [-0.05, 0) is 12.8 Å². The summed E-state index contributed by atoms with van der Waals surface area (Å²) in [6, 6.07) is 0. The maximum absolute atomic E-state index is 5.64. The van der Waals surface area contributed by atoms with Crippen LogP contribution in [0.5, 0.6) is 0 Å². The van der Waals surface area contributed by atoms with Crippen LogP contribution in [0.4, 0.5) is 0 Å². The van der Waals surface area contributed by atoms with Crippen LogP contribution in [0, 0.1) is 0 Å². The van der Waals surface area contributed by atoms with E-state index >= 15 is 0 Å². The average molecular weight is 198 g/mol. The Hall–Kier alpha value is -0.0400. The van der Waals surface area contributed by atoms with E-state index in [0.717, 1.165) is 0 Å². The smallest absolute Gasteiger partial charge is 0.0841 e. The second-order valence-corrected chi connectivity index (χ2v) is 4.56. The van der Waals surface area contributed by atoms with Crippen LogP contribution in [0.3, 0.4) is 0 Å². The van der Waals surface area contributed by atoms with Gasteiger partial charge in [0.15, 0.2) is 0 Å². The molecule has 0 aromatic rings. The van der Waals surface area contributed by atoms with Crippen LogP contribution in [0.15, 0.2) is 0 Å². The number of rotatable bonds is 9. The third-order valence-electron chi connectivity index (χ3n) is 3.12. The highest BCUT2D eigenvalue weighted by molar-refractivity contribution is 4.84. The van der Waals surface area contributed by atoms with Gasteiger partial charge in [-0.25, -0.2) is 0 Å². The van der Waals surface area contributed by atoms with E-state index in [9.17, 15) is 0 Å². The molecule has 0 radical (unpaired) electrons. The fraction of sp³-hybridized carbons (Fsp3) is 1.00. The molecular formula is C13H26O. The van der Waals surface area contributed by atoms with Crippen molar-refractivity contribution in [2.75, 3.05) is 0 Å². The van der Waals surface area contributed by atoms with Gasteiger partial charge in [0.05, 0.1) is 12.2 Å². The lowest BCUT2D eigenvalue weighted by Crippen LogP contribution is -1.94. The first-order chi connectivity index (χ1) is 6.88. The van der Waals surface area contributed by atoms with E-state index in [1.807, 2.05) is 0 Å². The molecule has 1 saturated heterocycles. The predicted octanol–water partition coefficient (Wildman–Crippen LogP) is 4.30. The van der Waals surface area contributed by atoms with Crippen molar-refractivity contribution in [3.05, 3.63) is 0 Å². The first kappa shape index (κ1) is 12.0. The minimum atomic E-state index is 0.642. The van der Waals surface area contributed by atoms with Crippen molar-refractivity contribution in [1.29, 1.82) is 0 Å². The molecule has 1 aliphatic rings. The van der Waals surface area contributed by atoms with Gasteiger partial charge in [0.1, 0.15) is 0 Å². The highest BCUT2D eigenvalue weighted by Gasteiger charge is 2.36. The topological polar surface area (TPSA) is 12.5 Å². The summed E-state index contributed by atoms with van der Waals surface area (Å²) in [6.45, 7) is 4.52. The number of hydrogen-bond acceptors (Lipinski definition) is 1. The van der Waals surface area contributed by atoms with Gasteiger partial charge in [-0.2, -0.15) is 0 Å². The van der Waals surface area contributed by atoms with Crippen LogP contribution in [0.2, 0.25) is 0 Å². The zero-order valence-corrected chi connectivity index (χ0v) is 9.93. The van der Waals surface area contributed by atoms with Gasteiger partial charge in [0.2, 0.25) is 0 Å². The summed E-state index contributed by atoms with van der Waals surface area (Å²) >= 11 is 0. The molecule has 1 rings (SSSR count). The largest absolute Gasteiger partial charge is 0.370 e. The van der Waals surface area contributed by atoms with Crippen molar-refractivity contribution >= 4 is 0 Å². The fourth-order valence-corrected chi connectivity index (χ4v) is 2.05. The van der Waals surface area contributed by atoms with Crippen LogP contribution in [-0.4, -0.2) is 12.2 Å². The van der Waals surface area contributed by atoms with Gasteiger partial charge in [0, 0.05) is 0 Å². The molecule has 0 aromatic heterocycles. The summed E-state index contributed by atoms with van der Waals surface area (Å²) in [6.07, 6.45) is 13.5. The zero-order chi connectivity index (χ0) is 10.2. The zero-order valence-electron chi connectivity index (χ0n) is 9.93. The van der Waals surface area contributed by atoms with Gasteiger partial charge in [-0.15, -0.1) is 0 Å². The Morgan fingerprint density at radius 2 is 1.21 bits per heavy atom. The fourth-order valence-electron chi connectivity index (χ4n) is 2.05. The monoisotopic (exact) mass is 198 g/mol. The Kier molecular flexibility index (Phi) is 6.25. The van der Waals surface area contributed by atoms with Crippen molar-refractivity contribution in [2.45, 2.75) is 83.8 Å². The molecule has 1 fully saturated rings.